The highest BCUT2D eigenvalue weighted by Gasteiger charge is 2.31. The van der Waals surface area contributed by atoms with Crippen LogP contribution in [0.3, 0.4) is 0 Å². The van der Waals surface area contributed by atoms with Crippen LogP contribution in [0.4, 0.5) is 5.00 Å². The van der Waals surface area contributed by atoms with E-state index in [4.69, 9.17) is 9.15 Å². The molecule has 0 saturated carbocycles. The summed E-state index contributed by atoms with van der Waals surface area (Å²) in [5, 5.41) is 3.39. The average molecular weight is 412 g/mol. The number of thiophene rings is 1. The predicted octanol–water partition coefficient (Wildman–Crippen LogP) is 2.91. The van der Waals surface area contributed by atoms with E-state index in [0.717, 1.165) is 36.5 Å². The van der Waals surface area contributed by atoms with E-state index in [-0.39, 0.29) is 17.6 Å². The van der Waals surface area contributed by atoms with Gasteiger partial charge in [-0.05, 0) is 24.6 Å². The summed E-state index contributed by atoms with van der Waals surface area (Å²) in [6.45, 7) is 4.75. The second kappa shape index (κ2) is 8.63. The molecule has 1 amide bonds. The van der Waals surface area contributed by atoms with Crippen LogP contribution in [-0.2, 0) is 24.2 Å². The molecule has 7 heteroatoms. The Morgan fingerprint density at radius 1 is 1.21 bits per heavy atom. The fourth-order valence-electron chi connectivity index (χ4n) is 3.65. The van der Waals surface area contributed by atoms with Crippen LogP contribution in [0.5, 0.6) is 0 Å². The first-order chi connectivity index (χ1) is 14.2. The van der Waals surface area contributed by atoms with Crippen LogP contribution < -0.4 is 10.2 Å². The van der Waals surface area contributed by atoms with E-state index >= 15 is 0 Å². The second-order valence-electron chi connectivity index (χ2n) is 6.95. The number of ether oxygens (including phenoxy) is 1. The smallest absolute Gasteiger partial charge is 0.341 e. The normalized spacial score (nSPS) is 15.6. The molecule has 0 saturated heterocycles. The summed E-state index contributed by atoms with van der Waals surface area (Å²) in [6, 6.07) is 13.6. The number of hydrogen-bond donors (Lipinski definition) is 2. The van der Waals surface area contributed by atoms with Crippen LogP contribution in [0.25, 0.3) is 0 Å². The summed E-state index contributed by atoms with van der Waals surface area (Å²) in [4.78, 5) is 27.7. The van der Waals surface area contributed by atoms with Gasteiger partial charge in [-0.3, -0.25) is 4.79 Å². The first kappa shape index (κ1) is 19.4. The lowest BCUT2D eigenvalue weighted by Crippen LogP contribution is -3.10. The number of benzene rings is 1. The first-order valence-electron chi connectivity index (χ1n) is 9.69. The highest BCUT2D eigenvalue weighted by atomic mass is 32.1. The highest BCUT2D eigenvalue weighted by molar-refractivity contribution is 7.17. The number of hydrogen-bond acceptors (Lipinski definition) is 5. The Morgan fingerprint density at radius 3 is 2.76 bits per heavy atom. The van der Waals surface area contributed by atoms with Crippen molar-refractivity contribution in [3.8, 4) is 0 Å². The maximum Gasteiger partial charge on any atom is 0.341 e. The van der Waals surface area contributed by atoms with E-state index in [1.165, 1.54) is 28.1 Å². The summed E-state index contributed by atoms with van der Waals surface area (Å²) in [5.74, 6) is -0.540. The Bertz CT molecular complexity index is 996. The average Bonchev–Trinajstić information content (AvgIpc) is 3.36. The maximum absolute atomic E-state index is 12.6. The number of nitrogens with one attached hydrogen (secondary N) is 2. The third kappa shape index (κ3) is 4.26. The largest absolute Gasteiger partial charge is 0.462 e. The maximum atomic E-state index is 12.6. The molecule has 29 heavy (non-hydrogen) atoms. The number of anilines is 1. The van der Waals surface area contributed by atoms with Crippen molar-refractivity contribution in [2.24, 2.45) is 0 Å². The van der Waals surface area contributed by atoms with Crippen LogP contribution >= 0.6 is 11.3 Å². The van der Waals surface area contributed by atoms with Gasteiger partial charge >= 0.3 is 5.97 Å². The standard InChI is InChI=1S/C22H22N2O4S/c1-2-27-22(26)19-16-10-11-24(13-15-7-4-3-5-8-15)14-18(16)29-21(19)23-20(25)17-9-6-12-28-17/h3-9,12H,2,10-11,13-14H2,1H3,(H,23,25)/p+1. The van der Waals surface area contributed by atoms with Gasteiger partial charge in [0.05, 0.1) is 29.9 Å². The van der Waals surface area contributed by atoms with Crippen LogP contribution in [0.15, 0.2) is 53.1 Å². The van der Waals surface area contributed by atoms with Gasteiger partial charge in [0, 0.05) is 12.0 Å². The molecule has 1 atom stereocenters. The molecule has 150 valence electrons. The minimum Gasteiger partial charge on any atom is -0.462 e. The van der Waals surface area contributed by atoms with E-state index in [2.05, 4.69) is 29.6 Å². The van der Waals surface area contributed by atoms with Crippen LogP contribution in [0, 0.1) is 0 Å². The number of fused-ring (bicyclic) bond motifs is 1. The fourth-order valence-corrected chi connectivity index (χ4v) is 4.95. The molecule has 1 aromatic carbocycles. The van der Waals surface area contributed by atoms with Gasteiger partial charge in [-0.1, -0.05) is 30.3 Å². The van der Waals surface area contributed by atoms with E-state index < -0.39 is 0 Å². The number of amides is 1. The molecule has 4 rings (SSSR count). The number of quaternary nitrogens is 1. The van der Waals surface area contributed by atoms with Gasteiger partial charge in [0.25, 0.3) is 5.91 Å². The SMILES string of the molecule is CCOC(=O)c1c(NC(=O)c2ccco2)sc2c1CC[NH+](Cc1ccccc1)C2. The van der Waals surface area contributed by atoms with Crippen molar-refractivity contribution in [3.05, 3.63) is 76.1 Å². The first-order valence-corrected chi connectivity index (χ1v) is 10.5. The van der Waals surface area contributed by atoms with Crippen LogP contribution in [-0.4, -0.2) is 25.0 Å². The summed E-state index contributed by atoms with van der Waals surface area (Å²) in [7, 11) is 0. The van der Waals surface area contributed by atoms with Crippen molar-refractivity contribution in [2.75, 3.05) is 18.5 Å². The lowest BCUT2D eigenvalue weighted by atomic mass is 10.0. The molecular weight excluding hydrogens is 388 g/mol. The summed E-state index contributed by atoms with van der Waals surface area (Å²) in [5.41, 5.74) is 2.78. The van der Waals surface area contributed by atoms with Crippen LogP contribution in [0.1, 0.15) is 43.8 Å². The number of rotatable bonds is 6. The molecule has 0 aliphatic carbocycles. The van der Waals surface area contributed by atoms with Gasteiger partial charge in [0.1, 0.15) is 18.1 Å². The van der Waals surface area contributed by atoms with Gasteiger partial charge in [0.15, 0.2) is 5.76 Å². The molecule has 1 aliphatic rings. The van der Waals surface area contributed by atoms with Crippen molar-refractivity contribution < 1.29 is 23.6 Å². The molecule has 2 aromatic heterocycles. The van der Waals surface area contributed by atoms with Gasteiger partial charge in [-0.2, -0.15) is 0 Å². The Balaban J connectivity index is 1.59. The Kier molecular flexibility index (Phi) is 5.78. The number of esters is 1. The van der Waals surface area contributed by atoms with E-state index in [9.17, 15) is 9.59 Å². The quantitative estimate of drug-likeness (QED) is 0.612. The number of carbonyl (C=O) groups excluding carboxylic acids is 2. The lowest BCUT2D eigenvalue weighted by molar-refractivity contribution is -0.929. The number of furan rings is 1. The molecule has 0 spiro atoms. The lowest BCUT2D eigenvalue weighted by Gasteiger charge is -2.24. The molecule has 0 radical (unpaired) electrons. The molecule has 1 unspecified atom stereocenters. The third-order valence-electron chi connectivity index (χ3n) is 4.98. The Labute approximate surface area is 173 Å². The zero-order valence-electron chi connectivity index (χ0n) is 16.2. The molecular formula is C22H23N2O4S+. The summed E-state index contributed by atoms with van der Waals surface area (Å²) < 4.78 is 10.4. The highest BCUT2D eigenvalue weighted by Crippen LogP contribution is 2.35. The topological polar surface area (TPSA) is 73.0 Å². The van der Waals surface area contributed by atoms with Gasteiger partial charge in [-0.25, -0.2) is 4.79 Å². The molecule has 1 aliphatic heterocycles. The summed E-state index contributed by atoms with van der Waals surface area (Å²) >= 11 is 1.46. The molecule has 0 bridgehead atoms. The van der Waals surface area contributed by atoms with Crippen molar-refractivity contribution in [2.45, 2.75) is 26.4 Å². The van der Waals surface area contributed by atoms with Crippen molar-refractivity contribution in [1.29, 1.82) is 0 Å². The minimum absolute atomic E-state index is 0.211. The summed E-state index contributed by atoms with van der Waals surface area (Å²) in [6.07, 6.45) is 2.23. The van der Waals surface area contributed by atoms with E-state index in [1.54, 1.807) is 19.1 Å². The molecule has 6 nitrogen and oxygen atoms in total. The second-order valence-corrected chi connectivity index (χ2v) is 8.05. The zero-order valence-corrected chi connectivity index (χ0v) is 17.0. The molecule has 3 aromatic rings. The van der Waals surface area contributed by atoms with Gasteiger partial charge in [0.2, 0.25) is 0 Å². The molecule has 3 heterocycles. The fraction of sp³-hybridized carbons (Fsp3) is 0.273. The number of carbonyl (C=O) groups is 2. The van der Waals surface area contributed by atoms with E-state index in [1.807, 2.05) is 6.07 Å². The van der Waals surface area contributed by atoms with Gasteiger partial charge < -0.3 is 19.4 Å². The van der Waals surface area contributed by atoms with Crippen LogP contribution in [0.2, 0.25) is 0 Å². The van der Waals surface area contributed by atoms with Gasteiger partial charge in [-0.15, -0.1) is 11.3 Å². The monoisotopic (exact) mass is 411 g/mol. The van der Waals surface area contributed by atoms with Crippen molar-refractivity contribution in [1.82, 2.24) is 0 Å². The Hall–Kier alpha value is -2.90. The zero-order chi connectivity index (χ0) is 20.2. The molecule has 2 N–H and O–H groups in total. The van der Waals surface area contributed by atoms with Crippen molar-refractivity contribution >= 4 is 28.2 Å². The van der Waals surface area contributed by atoms with Crippen molar-refractivity contribution in [3.63, 3.8) is 0 Å². The predicted molar refractivity (Wildman–Crippen MR) is 110 cm³/mol. The van der Waals surface area contributed by atoms with E-state index in [0.29, 0.717) is 17.2 Å². The molecule has 0 fully saturated rings. The third-order valence-corrected chi connectivity index (χ3v) is 6.13. The Morgan fingerprint density at radius 2 is 2.03 bits per heavy atom. The minimum atomic E-state index is -0.383.